The molecule has 1 aromatic heterocycles. The molecular weight excluding hydrogens is 266 g/mol. The van der Waals surface area contributed by atoms with Gasteiger partial charge in [-0.1, -0.05) is 32.9 Å². The van der Waals surface area contributed by atoms with Crippen molar-refractivity contribution in [2.75, 3.05) is 0 Å². The Bertz CT molecular complexity index is 617. The highest BCUT2D eigenvalue weighted by Crippen LogP contribution is 2.25. The number of hydrogen-bond acceptors (Lipinski definition) is 4. The Labute approximate surface area is 124 Å². The van der Waals surface area contributed by atoms with E-state index in [0.717, 1.165) is 24.3 Å². The molecule has 0 atom stereocenters. The van der Waals surface area contributed by atoms with Crippen molar-refractivity contribution in [3.05, 3.63) is 51.5 Å². The SMILES string of the molecule is CC(C)(C)c1nc(CNCc2cccc(C#N)c2)cs1. The van der Waals surface area contributed by atoms with Gasteiger partial charge in [0.1, 0.15) is 0 Å². The van der Waals surface area contributed by atoms with Crippen molar-refractivity contribution in [2.24, 2.45) is 0 Å². The van der Waals surface area contributed by atoms with Gasteiger partial charge in [-0.05, 0) is 17.7 Å². The second-order valence-corrected chi connectivity index (χ2v) is 6.67. The van der Waals surface area contributed by atoms with Crippen LogP contribution in [-0.2, 0) is 18.5 Å². The zero-order valence-electron chi connectivity index (χ0n) is 12.1. The second kappa shape index (κ2) is 6.17. The molecule has 0 amide bonds. The van der Waals surface area contributed by atoms with Crippen molar-refractivity contribution in [1.82, 2.24) is 10.3 Å². The predicted molar refractivity (Wildman–Crippen MR) is 82.5 cm³/mol. The lowest BCUT2D eigenvalue weighted by Crippen LogP contribution is -2.14. The van der Waals surface area contributed by atoms with Crippen LogP contribution in [0.25, 0.3) is 0 Å². The maximum Gasteiger partial charge on any atom is 0.0991 e. The Morgan fingerprint density at radius 1 is 1.30 bits per heavy atom. The lowest BCUT2D eigenvalue weighted by molar-refractivity contribution is 0.579. The van der Waals surface area contributed by atoms with Gasteiger partial charge in [0.25, 0.3) is 0 Å². The molecule has 0 aliphatic heterocycles. The van der Waals surface area contributed by atoms with Gasteiger partial charge in [-0.25, -0.2) is 4.98 Å². The minimum atomic E-state index is 0.115. The molecule has 0 unspecified atom stereocenters. The van der Waals surface area contributed by atoms with Crippen molar-refractivity contribution in [2.45, 2.75) is 39.3 Å². The standard InChI is InChI=1S/C16H19N3S/c1-16(2,3)15-19-14(11-20-15)10-18-9-13-6-4-5-12(7-13)8-17/h4-7,11,18H,9-10H2,1-3H3. The minimum absolute atomic E-state index is 0.115. The van der Waals surface area contributed by atoms with E-state index in [1.54, 1.807) is 11.3 Å². The Kier molecular flexibility index (Phi) is 4.53. The summed E-state index contributed by atoms with van der Waals surface area (Å²) in [5, 5.41) is 15.5. The summed E-state index contributed by atoms with van der Waals surface area (Å²) in [4.78, 5) is 4.65. The lowest BCUT2D eigenvalue weighted by Gasteiger charge is -2.13. The molecule has 4 heteroatoms. The van der Waals surface area contributed by atoms with Gasteiger partial charge in [-0.3, -0.25) is 0 Å². The summed E-state index contributed by atoms with van der Waals surface area (Å²) in [6.07, 6.45) is 0. The highest BCUT2D eigenvalue weighted by molar-refractivity contribution is 7.09. The molecule has 1 N–H and O–H groups in total. The van der Waals surface area contributed by atoms with E-state index in [2.05, 4.69) is 42.5 Å². The first kappa shape index (κ1) is 14.7. The maximum atomic E-state index is 8.87. The lowest BCUT2D eigenvalue weighted by atomic mass is 9.98. The molecule has 2 rings (SSSR count). The van der Waals surface area contributed by atoms with Crippen molar-refractivity contribution < 1.29 is 0 Å². The van der Waals surface area contributed by atoms with Crippen LogP contribution in [0.5, 0.6) is 0 Å². The van der Waals surface area contributed by atoms with Gasteiger partial charge in [-0.15, -0.1) is 11.3 Å². The van der Waals surface area contributed by atoms with Crippen LogP contribution < -0.4 is 5.32 Å². The van der Waals surface area contributed by atoms with E-state index < -0.39 is 0 Å². The zero-order valence-corrected chi connectivity index (χ0v) is 12.9. The van der Waals surface area contributed by atoms with Crippen LogP contribution in [-0.4, -0.2) is 4.98 Å². The van der Waals surface area contributed by atoms with Crippen molar-refractivity contribution >= 4 is 11.3 Å². The van der Waals surface area contributed by atoms with Gasteiger partial charge < -0.3 is 5.32 Å². The molecule has 0 saturated carbocycles. The molecule has 3 nitrogen and oxygen atoms in total. The summed E-state index contributed by atoms with van der Waals surface area (Å²) in [5.41, 5.74) is 3.02. The molecule has 0 spiro atoms. The molecule has 104 valence electrons. The van der Waals surface area contributed by atoms with Gasteiger partial charge >= 0.3 is 0 Å². The Balaban J connectivity index is 1.90. The van der Waals surface area contributed by atoms with Crippen LogP contribution >= 0.6 is 11.3 Å². The monoisotopic (exact) mass is 285 g/mol. The quantitative estimate of drug-likeness (QED) is 0.933. The number of aromatic nitrogens is 1. The van der Waals surface area contributed by atoms with Gasteiger partial charge in [0.2, 0.25) is 0 Å². The molecule has 0 saturated heterocycles. The third-order valence-corrected chi connectivity index (χ3v) is 4.20. The molecule has 1 heterocycles. The number of nitriles is 1. The Hall–Kier alpha value is -1.70. The highest BCUT2D eigenvalue weighted by Gasteiger charge is 2.17. The molecule has 20 heavy (non-hydrogen) atoms. The molecule has 0 aliphatic carbocycles. The number of hydrogen-bond donors (Lipinski definition) is 1. The first-order chi connectivity index (χ1) is 9.49. The number of thiazole rings is 1. The summed E-state index contributed by atoms with van der Waals surface area (Å²) in [5.74, 6) is 0. The summed E-state index contributed by atoms with van der Waals surface area (Å²) >= 11 is 1.71. The van der Waals surface area contributed by atoms with Crippen molar-refractivity contribution in [3.63, 3.8) is 0 Å². The normalized spacial score (nSPS) is 11.3. The molecule has 1 aromatic carbocycles. The number of benzene rings is 1. The van der Waals surface area contributed by atoms with E-state index in [9.17, 15) is 0 Å². The fourth-order valence-corrected chi connectivity index (χ4v) is 2.73. The Morgan fingerprint density at radius 3 is 2.75 bits per heavy atom. The summed E-state index contributed by atoms with van der Waals surface area (Å²) in [6, 6.07) is 9.82. The predicted octanol–water partition coefficient (Wildman–Crippen LogP) is 3.60. The average Bonchev–Trinajstić information content (AvgIpc) is 2.88. The van der Waals surface area contributed by atoms with Crippen LogP contribution in [0.1, 0.15) is 42.6 Å². The van der Waals surface area contributed by atoms with E-state index in [0.29, 0.717) is 5.56 Å². The topological polar surface area (TPSA) is 48.7 Å². The first-order valence-electron chi connectivity index (χ1n) is 6.63. The highest BCUT2D eigenvalue weighted by atomic mass is 32.1. The molecule has 0 fully saturated rings. The van der Waals surface area contributed by atoms with Crippen molar-refractivity contribution in [1.29, 1.82) is 5.26 Å². The third-order valence-electron chi connectivity index (χ3n) is 2.88. The molecular formula is C16H19N3S. The van der Waals surface area contributed by atoms with E-state index in [1.165, 1.54) is 5.01 Å². The maximum absolute atomic E-state index is 8.87. The molecule has 0 radical (unpaired) electrons. The van der Waals surface area contributed by atoms with E-state index in [1.807, 2.05) is 24.3 Å². The summed E-state index contributed by atoms with van der Waals surface area (Å²) in [6.45, 7) is 8.03. The van der Waals surface area contributed by atoms with Crippen LogP contribution in [0.15, 0.2) is 29.6 Å². The van der Waals surface area contributed by atoms with Crippen molar-refractivity contribution in [3.8, 4) is 6.07 Å². The molecule has 0 aliphatic rings. The van der Waals surface area contributed by atoms with Crippen LogP contribution in [0, 0.1) is 11.3 Å². The third kappa shape index (κ3) is 3.89. The van der Waals surface area contributed by atoms with Gasteiger partial charge in [-0.2, -0.15) is 5.26 Å². The second-order valence-electron chi connectivity index (χ2n) is 5.81. The Morgan fingerprint density at radius 2 is 2.10 bits per heavy atom. The summed E-state index contributed by atoms with van der Waals surface area (Å²) < 4.78 is 0. The van der Waals surface area contributed by atoms with E-state index in [-0.39, 0.29) is 5.41 Å². The van der Waals surface area contributed by atoms with Crippen LogP contribution in [0.2, 0.25) is 0 Å². The zero-order chi connectivity index (χ0) is 14.6. The van der Waals surface area contributed by atoms with E-state index >= 15 is 0 Å². The minimum Gasteiger partial charge on any atom is -0.307 e. The fraction of sp³-hybridized carbons (Fsp3) is 0.375. The number of nitrogens with zero attached hydrogens (tertiary/aromatic N) is 2. The molecule has 2 aromatic rings. The smallest absolute Gasteiger partial charge is 0.0991 e. The number of rotatable bonds is 4. The van der Waals surface area contributed by atoms with Gasteiger partial charge in [0.15, 0.2) is 0 Å². The van der Waals surface area contributed by atoms with Gasteiger partial charge in [0.05, 0.1) is 22.3 Å². The van der Waals surface area contributed by atoms with Gasteiger partial charge in [0, 0.05) is 23.9 Å². The van der Waals surface area contributed by atoms with Crippen LogP contribution in [0.4, 0.5) is 0 Å². The first-order valence-corrected chi connectivity index (χ1v) is 7.51. The largest absolute Gasteiger partial charge is 0.307 e. The summed E-state index contributed by atoms with van der Waals surface area (Å²) in [7, 11) is 0. The molecule has 0 bridgehead atoms. The number of nitrogens with one attached hydrogen (secondary N) is 1. The fourth-order valence-electron chi connectivity index (χ4n) is 1.82. The van der Waals surface area contributed by atoms with Crippen LogP contribution in [0.3, 0.4) is 0 Å². The van der Waals surface area contributed by atoms with E-state index in [4.69, 9.17) is 5.26 Å². The average molecular weight is 285 g/mol.